The topological polar surface area (TPSA) is 105 Å². The molecule has 1 heterocycles. The van der Waals surface area contributed by atoms with Crippen LogP contribution in [0.1, 0.15) is 72.1 Å². The molecule has 1 aliphatic heterocycles. The summed E-state index contributed by atoms with van der Waals surface area (Å²) in [6.45, 7) is 5.13. The molecule has 4 rings (SSSR count). The Balaban J connectivity index is 1.39. The van der Waals surface area contributed by atoms with E-state index < -0.39 is 53.7 Å². The van der Waals surface area contributed by atoms with Crippen molar-refractivity contribution in [3.63, 3.8) is 0 Å². The summed E-state index contributed by atoms with van der Waals surface area (Å²) in [6.07, 6.45) is 4.65. The van der Waals surface area contributed by atoms with Crippen molar-refractivity contribution in [1.82, 2.24) is 0 Å². The van der Waals surface area contributed by atoms with Crippen LogP contribution in [0.4, 0.5) is 0 Å². The fraction of sp³-hybridized carbons (Fsp3) is 0.826. The SMILES string of the molecule is CCC(C)C(=O)OCC(=O)OC1C2CC3C1OC(=O)C3(C(=O)OC1(CC)CCCC1)C2. The summed E-state index contributed by atoms with van der Waals surface area (Å²) in [7, 11) is 0. The van der Waals surface area contributed by atoms with E-state index in [1.165, 1.54) is 0 Å². The average molecular weight is 437 g/mol. The van der Waals surface area contributed by atoms with Crippen LogP contribution in [0, 0.1) is 23.2 Å². The largest absolute Gasteiger partial charge is 0.458 e. The van der Waals surface area contributed by atoms with Crippen LogP contribution in [0.25, 0.3) is 0 Å². The van der Waals surface area contributed by atoms with E-state index in [1.54, 1.807) is 6.92 Å². The number of rotatable bonds is 8. The summed E-state index contributed by atoms with van der Waals surface area (Å²) < 4.78 is 22.1. The molecule has 3 saturated carbocycles. The fourth-order valence-corrected chi connectivity index (χ4v) is 5.89. The highest BCUT2D eigenvalue weighted by Gasteiger charge is 2.75. The molecular weight excluding hydrogens is 404 g/mol. The van der Waals surface area contributed by atoms with Gasteiger partial charge in [0.1, 0.15) is 17.8 Å². The molecule has 31 heavy (non-hydrogen) atoms. The number of hydrogen-bond acceptors (Lipinski definition) is 8. The lowest BCUT2D eigenvalue weighted by Crippen LogP contribution is -2.48. The predicted octanol–water partition coefficient (Wildman–Crippen LogP) is 2.71. The van der Waals surface area contributed by atoms with Crippen LogP contribution in [-0.4, -0.2) is 48.3 Å². The molecule has 6 atom stereocenters. The molecule has 0 aromatic heterocycles. The normalized spacial score (nSPS) is 35.5. The van der Waals surface area contributed by atoms with Gasteiger partial charge in [-0.2, -0.15) is 0 Å². The molecule has 6 unspecified atom stereocenters. The summed E-state index contributed by atoms with van der Waals surface area (Å²) in [4.78, 5) is 50.1. The second-order valence-electron chi connectivity index (χ2n) is 9.65. The highest BCUT2D eigenvalue weighted by Crippen LogP contribution is 2.63. The molecule has 0 aromatic carbocycles. The zero-order valence-corrected chi connectivity index (χ0v) is 18.5. The highest BCUT2D eigenvalue weighted by molar-refractivity contribution is 6.03. The molecule has 4 aliphatic rings. The predicted molar refractivity (Wildman–Crippen MR) is 106 cm³/mol. The lowest BCUT2D eigenvalue weighted by Gasteiger charge is -2.35. The van der Waals surface area contributed by atoms with Gasteiger partial charge in [-0.05, 0) is 51.4 Å². The summed E-state index contributed by atoms with van der Waals surface area (Å²) in [5, 5.41) is 0. The van der Waals surface area contributed by atoms with Crippen LogP contribution in [0.15, 0.2) is 0 Å². The molecule has 2 bridgehead atoms. The molecule has 0 amide bonds. The van der Waals surface area contributed by atoms with Crippen molar-refractivity contribution in [2.45, 2.75) is 89.9 Å². The number of carbonyl (C=O) groups is 4. The van der Waals surface area contributed by atoms with Gasteiger partial charge < -0.3 is 18.9 Å². The van der Waals surface area contributed by atoms with Crippen molar-refractivity contribution in [1.29, 1.82) is 0 Å². The molecule has 4 fully saturated rings. The first-order chi connectivity index (χ1) is 14.8. The van der Waals surface area contributed by atoms with Crippen molar-refractivity contribution in [2.24, 2.45) is 23.2 Å². The minimum atomic E-state index is -1.27. The smallest absolute Gasteiger partial charge is 0.344 e. The Labute approximate surface area is 182 Å². The molecule has 8 nitrogen and oxygen atoms in total. The Morgan fingerprint density at radius 2 is 1.90 bits per heavy atom. The maximum atomic E-state index is 13.3. The number of esters is 4. The van der Waals surface area contributed by atoms with Gasteiger partial charge >= 0.3 is 23.9 Å². The Morgan fingerprint density at radius 3 is 2.55 bits per heavy atom. The quantitative estimate of drug-likeness (QED) is 0.325. The average Bonchev–Trinajstić information content (AvgIpc) is 3.49. The molecular formula is C23H32O8. The van der Waals surface area contributed by atoms with Gasteiger partial charge in [0.2, 0.25) is 0 Å². The Hall–Kier alpha value is -2.12. The van der Waals surface area contributed by atoms with E-state index in [0.29, 0.717) is 12.8 Å². The lowest BCUT2D eigenvalue weighted by molar-refractivity contribution is -0.178. The van der Waals surface area contributed by atoms with Crippen LogP contribution in [0.2, 0.25) is 0 Å². The van der Waals surface area contributed by atoms with E-state index >= 15 is 0 Å². The number of ether oxygens (including phenoxy) is 4. The Kier molecular flexibility index (Phi) is 5.77. The third-order valence-electron chi connectivity index (χ3n) is 8.01. The molecule has 1 saturated heterocycles. The van der Waals surface area contributed by atoms with E-state index in [0.717, 1.165) is 32.1 Å². The molecule has 3 aliphatic carbocycles. The number of hydrogen-bond donors (Lipinski definition) is 0. The maximum absolute atomic E-state index is 13.3. The van der Waals surface area contributed by atoms with Crippen molar-refractivity contribution >= 4 is 23.9 Å². The van der Waals surface area contributed by atoms with Crippen LogP contribution in [0.5, 0.6) is 0 Å². The first kappa shape index (κ1) is 22.1. The van der Waals surface area contributed by atoms with E-state index in [2.05, 4.69) is 0 Å². The van der Waals surface area contributed by atoms with Crippen LogP contribution in [0.3, 0.4) is 0 Å². The van der Waals surface area contributed by atoms with Gasteiger partial charge in [-0.25, -0.2) is 4.79 Å². The second-order valence-corrected chi connectivity index (χ2v) is 9.65. The molecule has 0 N–H and O–H groups in total. The minimum absolute atomic E-state index is 0.149. The number of carbonyl (C=O) groups excluding carboxylic acids is 4. The van der Waals surface area contributed by atoms with Gasteiger partial charge in [0, 0.05) is 11.8 Å². The van der Waals surface area contributed by atoms with Gasteiger partial charge in [-0.15, -0.1) is 0 Å². The first-order valence-corrected chi connectivity index (χ1v) is 11.6. The molecule has 0 aromatic rings. The summed E-state index contributed by atoms with van der Waals surface area (Å²) in [6, 6.07) is 0. The molecule has 0 spiro atoms. The minimum Gasteiger partial charge on any atom is -0.458 e. The zero-order valence-electron chi connectivity index (χ0n) is 18.5. The van der Waals surface area contributed by atoms with Crippen molar-refractivity contribution < 1.29 is 38.1 Å². The third-order valence-corrected chi connectivity index (χ3v) is 8.01. The second kappa shape index (κ2) is 8.10. The Bertz CT molecular complexity index is 770. The summed E-state index contributed by atoms with van der Waals surface area (Å²) >= 11 is 0. The standard InChI is InChI=1S/C23H32O8/c1-4-13(3)19(25)28-12-16(24)29-17-14-10-15-18(17)30-20(26)23(15,11-14)21(27)31-22(5-2)8-6-7-9-22/h13-15,17-18H,4-12H2,1-3H3. The lowest BCUT2D eigenvalue weighted by atomic mass is 9.73. The third kappa shape index (κ3) is 3.52. The van der Waals surface area contributed by atoms with E-state index in [9.17, 15) is 19.2 Å². The van der Waals surface area contributed by atoms with Crippen LogP contribution < -0.4 is 0 Å². The first-order valence-electron chi connectivity index (χ1n) is 11.6. The van der Waals surface area contributed by atoms with Gasteiger partial charge in [0.05, 0.1) is 5.92 Å². The van der Waals surface area contributed by atoms with E-state index in [-0.39, 0.29) is 24.2 Å². The molecule has 8 heteroatoms. The van der Waals surface area contributed by atoms with Crippen molar-refractivity contribution in [2.75, 3.05) is 6.61 Å². The van der Waals surface area contributed by atoms with Gasteiger partial charge in [0.15, 0.2) is 12.0 Å². The summed E-state index contributed by atoms with van der Waals surface area (Å²) in [5.41, 5.74) is -1.75. The van der Waals surface area contributed by atoms with E-state index in [4.69, 9.17) is 18.9 Å². The monoisotopic (exact) mass is 436 g/mol. The van der Waals surface area contributed by atoms with Gasteiger partial charge in [-0.1, -0.05) is 20.8 Å². The summed E-state index contributed by atoms with van der Waals surface area (Å²) in [5.74, 6) is -2.91. The van der Waals surface area contributed by atoms with Crippen molar-refractivity contribution in [3.05, 3.63) is 0 Å². The zero-order chi connectivity index (χ0) is 22.4. The van der Waals surface area contributed by atoms with E-state index in [1.807, 2.05) is 13.8 Å². The van der Waals surface area contributed by atoms with Gasteiger partial charge in [0.25, 0.3) is 0 Å². The fourth-order valence-electron chi connectivity index (χ4n) is 5.89. The number of fused-ring (bicyclic) bond motifs is 1. The Morgan fingerprint density at radius 1 is 1.19 bits per heavy atom. The van der Waals surface area contributed by atoms with Crippen LogP contribution in [-0.2, 0) is 38.1 Å². The molecule has 172 valence electrons. The van der Waals surface area contributed by atoms with Crippen molar-refractivity contribution in [3.8, 4) is 0 Å². The van der Waals surface area contributed by atoms with Crippen LogP contribution >= 0.6 is 0 Å². The maximum Gasteiger partial charge on any atom is 0.344 e. The molecule has 0 radical (unpaired) electrons. The highest BCUT2D eigenvalue weighted by atomic mass is 16.6. The van der Waals surface area contributed by atoms with Gasteiger partial charge in [-0.3, -0.25) is 14.4 Å².